The highest BCUT2D eigenvalue weighted by molar-refractivity contribution is 5.28. The molecule has 14 heavy (non-hydrogen) atoms. The molecule has 1 aromatic heterocycles. The van der Waals surface area contributed by atoms with E-state index in [0.717, 1.165) is 5.69 Å². The maximum absolute atomic E-state index is 5.92. The van der Waals surface area contributed by atoms with Gasteiger partial charge in [-0.25, -0.2) is 0 Å². The Kier molecular flexibility index (Phi) is 2.72. The molecule has 80 valence electrons. The van der Waals surface area contributed by atoms with Crippen LogP contribution in [0, 0.1) is 13.8 Å². The zero-order chi connectivity index (χ0) is 11.1. The van der Waals surface area contributed by atoms with E-state index in [2.05, 4.69) is 37.5 Å². The van der Waals surface area contributed by atoms with Gasteiger partial charge in [-0.3, -0.25) is 4.68 Å². The molecule has 0 aliphatic heterocycles. The van der Waals surface area contributed by atoms with E-state index in [1.165, 1.54) is 11.3 Å². The first kappa shape index (κ1) is 11.2. The van der Waals surface area contributed by atoms with Crippen LogP contribution < -0.4 is 5.73 Å². The summed E-state index contributed by atoms with van der Waals surface area (Å²) in [5.74, 6) is 0. The number of rotatable bonds is 1. The van der Waals surface area contributed by atoms with Crippen LogP contribution in [0.2, 0.25) is 0 Å². The molecule has 1 heterocycles. The Labute approximate surface area is 86.3 Å². The molecule has 0 bridgehead atoms. The van der Waals surface area contributed by atoms with Gasteiger partial charge in [0.15, 0.2) is 0 Å². The molecule has 1 unspecified atom stereocenters. The summed E-state index contributed by atoms with van der Waals surface area (Å²) < 4.78 is 2.06. The topological polar surface area (TPSA) is 43.8 Å². The highest BCUT2D eigenvalue weighted by atomic mass is 15.3. The second kappa shape index (κ2) is 3.39. The minimum Gasteiger partial charge on any atom is -0.324 e. The molecule has 0 aliphatic carbocycles. The number of hydrogen-bond acceptors (Lipinski definition) is 2. The normalized spacial score (nSPS) is 14.5. The van der Waals surface area contributed by atoms with Crippen molar-refractivity contribution in [3.05, 3.63) is 17.0 Å². The monoisotopic (exact) mass is 195 g/mol. The van der Waals surface area contributed by atoms with Crippen molar-refractivity contribution in [2.24, 2.45) is 5.73 Å². The van der Waals surface area contributed by atoms with Gasteiger partial charge in [0.05, 0.1) is 11.2 Å². The molecule has 2 N–H and O–H groups in total. The van der Waals surface area contributed by atoms with Crippen molar-refractivity contribution in [1.82, 2.24) is 9.78 Å². The van der Waals surface area contributed by atoms with Crippen LogP contribution in [0.5, 0.6) is 0 Å². The first-order valence-corrected chi connectivity index (χ1v) is 5.07. The predicted octanol–water partition coefficient (Wildman–Crippen LogP) is 2.27. The first-order valence-electron chi connectivity index (χ1n) is 5.07. The van der Waals surface area contributed by atoms with Crippen molar-refractivity contribution in [2.45, 2.75) is 53.1 Å². The van der Waals surface area contributed by atoms with Gasteiger partial charge in [-0.2, -0.15) is 5.10 Å². The Hall–Kier alpha value is -0.830. The van der Waals surface area contributed by atoms with E-state index in [4.69, 9.17) is 5.73 Å². The van der Waals surface area contributed by atoms with Crippen molar-refractivity contribution >= 4 is 0 Å². The summed E-state index contributed by atoms with van der Waals surface area (Å²) in [6.45, 7) is 12.6. The average molecular weight is 195 g/mol. The summed E-state index contributed by atoms with van der Waals surface area (Å²) in [5.41, 5.74) is 9.36. The number of nitrogens with two attached hydrogens (primary N) is 1. The van der Waals surface area contributed by atoms with Crippen molar-refractivity contribution < 1.29 is 0 Å². The fourth-order valence-electron chi connectivity index (χ4n) is 1.97. The fraction of sp³-hybridized carbons (Fsp3) is 0.727. The molecular weight excluding hydrogens is 174 g/mol. The Balaban J connectivity index is 3.31. The largest absolute Gasteiger partial charge is 0.324 e. The first-order chi connectivity index (χ1) is 6.25. The lowest BCUT2D eigenvalue weighted by molar-refractivity contribution is 0.346. The van der Waals surface area contributed by atoms with E-state index in [1.807, 2.05) is 13.8 Å². The van der Waals surface area contributed by atoms with E-state index in [9.17, 15) is 0 Å². The molecule has 3 heteroatoms. The smallest absolute Gasteiger partial charge is 0.0644 e. The van der Waals surface area contributed by atoms with Crippen LogP contribution in [-0.4, -0.2) is 9.78 Å². The van der Waals surface area contributed by atoms with Gasteiger partial charge in [0.25, 0.3) is 0 Å². The van der Waals surface area contributed by atoms with Crippen LogP contribution in [0.3, 0.4) is 0 Å². The summed E-state index contributed by atoms with van der Waals surface area (Å²) in [7, 11) is 0. The Morgan fingerprint density at radius 3 is 2.00 bits per heavy atom. The lowest BCUT2D eigenvalue weighted by Gasteiger charge is -2.21. The summed E-state index contributed by atoms with van der Waals surface area (Å²) in [6, 6.07) is 0.0612. The Morgan fingerprint density at radius 2 is 1.79 bits per heavy atom. The van der Waals surface area contributed by atoms with E-state index in [1.54, 1.807) is 0 Å². The third kappa shape index (κ3) is 1.82. The number of hydrogen-bond donors (Lipinski definition) is 1. The summed E-state index contributed by atoms with van der Waals surface area (Å²) in [6.07, 6.45) is 0. The van der Waals surface area contributed by atoms with Gasteiger partial charge in [-0.15, -0.1) is 0 Å². The van der Waals surface area contributed by atoms with E-state index in [-0.39, 0.29) is 11.6 Å². The highest BCUT2D eigenvalue weighted by Crippen LogP contribution is 2.24. The third-order valence-corrected chi connectivity index (χ3v) is 2.44. The second-order valence-electron chi connectivity index (χ2n) is 4.96. The molecule has 1 aromatic rings. The molecule has 0 radical (unpaired) electrons. The average Bonchev–Trinajstić information content (AvgIpc) is 2.24. The zero-order valence-electron chi connectivity index (χ0n) is 10.0. The molecule has 0 saturated carbocycles. The van der Waals surface area contributed by atoms with Gasteiger partial charge in [-0.1, -0.05) is 0 Å². The van der Waals surface area contributed by atoms with Gasteiger partial charge in [0.2, 0.25) is 0 Å². The van der Waals surface area contributed by atoms with Crippen molar-refractivity contribution in [1.29, 1.82) is 0 Å². The molecule has 3 nitrogen and oxygen atoms in total. The SMILES string of the molecule is Cc1nn(C(C)(C)C)c(C)c1C(C)N. The molecule has 0 aliphatic rings. The summed E-state index contributed by atoms with van der Waals surface area (Å²) >= 11 is 0. The van der Waals surface area contributed by atoms with E-state index >= 15 is 0 Å². The second-order valence-corrected chi connectivity index (χ2v) is 4.96. The van der Waals surface area contributed by atoms with Crippen LogP contribution in [-0.2, 0) is 5.54 Å². The van der Waals surface area contributed by atoms with Gasteiger partial charge >= 0.3 is 0 Å². The molecule has 1 rings (SSSR count). The standard InChI is InChI=1S/C11H21N3/c1-7(12)10-8(2)13-14(9(10)3)11(4,5)6/h7H,12H2,1-6H3. The summed E-state index contributed by atoms with van der Waals surface area (Å²) in [4.78, 5) is 0. The maximum Gasteiger partial charge on any atom is 0.0644 e. The van der Waals surface area contributed by atoms with Crippen LogP contribution in [0.1, 0.15) is 50.7 Å². The minimum atomic E-state index is 0.0297. The summed E-state index contributed by atoms with van der Waals surface area (Å²) in [5, 5.41) is 4.54. The van der Waals surface area contributed by atoms with Crippen molar-refractivity contribution in [2.75, 3.05) is 0 Å². The van der Waals surface area contributed by atoms with Crippen LogP contribution >= 0.6 is 0 Å². The number of aromatic nitrogens is 2. The zero-order valence-corrected chi connectivity index (χ0v) is 10.0. The quantitative estimate of drug-likeness (QED) is 0.747. The van der Waals surface area contributed by atoms with Crippen molar-refractivity contribution in [3.8, 4) is 0 Å². The van der Waals surface area contributed by atoms with Crippen LogP contribution in [0.25, 0.3) is 0 Å². The van der Waals surface area contributed by atoms with Crippen LogP contribution in [0.4, 0.5) is 0 Å². The lowest BCUT2D eigenvalue weighted by Crippen LogP contribution is -2.24. The van der Waals surface area contributed by atoms with Crippen LogP contribution in [0.15, 0.2) is 0 Å². The molecule has 0 fully saturated rings. The third-order valence-electron chi connectivity index (χ3n) is 2.44. The fourth-order valence-corrected chi connectivity index (χ4v) is 1.97. The van der Waals surface area contributed by atoms with Gasteiger partial charge in [-0.05, 0) is 41.5 Å². The number of aryl methyl sites for hydroxylation is 1. The minimum absolute atomic E-state index is 0.0297. The van der Waals surface area contributed by atoms with E-state index in [0.29, 0.717) is 0 Å². The molecule has 1 atom stereocenters. The van der Waals surface area contributed by atoms with E-state index < -0.39 is 0 Å². The molecule has 0 amide bonds. The molecule has 0 saturated heterocycles. The molecule has 0 aromatic carbocycles. The maximum atomic E-state index is 5.92. The molecule has 0 spiro atoms. The van der Waals surface area contributed by atoms with Gasteiger partial charge in [0.1, 0.15) is 0 Å². The number of nitrogens with zero attached hydrogens (tertiary/aromatic N) is 2. The Bertz CT molecular complexity index is 329. The highest BCUT2D eigenvalue weighted by Gasteiger charge is 2.21. The lowest BCUT2D eigenvalue weighted by atomic mass is 10.1. The van der Waals surface area contributed by atoms with Gasteiger partial charge in [0, 0.05) is 17.3 Å². The van der Waals surface area contributed by atoms with Crippen molar-refractivity contribution in [3.63, 3.8) is 0 Å². The molecular formula is C11H21N3. The van der Waals surface area contributed by atoms with Gasteiger partial charge < -0.3 is 5.73 Å². The predicted molar refractivity (Wildman–Crippen MR) is 59.3 cm³/mol. The Morgan fingerprint density at radius 1 is 1.29 bits per heavy atom.